The second-order valence-electron chi connectivity index (χ2n) is 6.86. The van der Waals surface area contributed by atoms with Crippen LogP contribution in [0.3, 0.4) is 0 Å². The number of amides is 3. The van der Waals surface area contributed by atoms with Crippen molar-refractivity contribution in [2.45, 2.75) is 39.5 Å². The molecule has 0 saturated carbocycles. The highest BCUT2D eigenvalue weighted by atomic mass is 16.5. The van der Waals surface area contributed by atoms with E-state index in [1.807, 2.05) is 6.92 Å². The van der Waals surface area contributed by atoms with Crippen molar-refractivity contribution in [1.29, 1.82) is 0 Å². The molecular formula is C20H32N4O3. The second-order valence-corrected chi connectivity index (χ2v) is 6.86. The number of rotatable bonds is 7. The van der Waals surface area contributed by atoms with Crippen LogP contribution in [0.4, 0.5) is 16.2 Å². The normalized spacial score (nSPS) is 14.9. The zero-order valence-corrected chi connectivity index (χ0v) is 16.7. The lowest BCUT2D eigenvalue weighted by molar-refractivity contribution is -0.114. The molecule has 2 N–H and O–H groups in total. The number of methoxy groups -OCH3 is 1. The molecule has 150 valence electrons. The molecule has 0 radical (unpaired) electrons. The predicted molar refractivity (Wildman–Crippen MR) is 108 cm³/mol. The lowest BCUT2D eigenvalue weighted by Gasteiger charge is -2.26. The summed E-state index contributed by atoms with van der Waals surface area (Å²) in [5.41, 5.74) is 1.16. The standard InChI is InChI=1S/C20H32N4O3/c1-4-24(14-13-23-11-7-5-6-8-12-23)20(26)22-18-15-17(21-16(2)25)9-10-19(18)27-3/h9-10,15H,4-8,11-14H2,1-3H3,(H,21,25)(H,22,26). The molecule has 0 spiro atoms. The number of carbonyl (C=O) groups excluding carboxylic acids is 2. The van der Waals surface area contributed by atoms with Gasteiger partial charge in [-0.25, -0.2) is 4.79 Å². The number of ether oxygens (including phenoxy) is 1. The van der Waals surface area contributed by atoms with Crippen LogP contribution in [-0.4, -0.2) is 61.6 Å². The smallest absolute Gasteiger partial charge is 0.321 e. The molecule has 0 bridgehead atoms. The SMILES string of the molecule is CCN(CCN1CCCCCC1)C(=O)Nc1cc(NC(C)=O)ccc1OC. The third kappa shape index (κ3) is 6.75. The Morgan fingerprint density at radius 1 is 1.15 bits per heavy atom. The van der Waals surface area contributed by atoms with Gasteiger partial charge in [0.25, 0.3) is 0 Å². The molecule has 3 amide bonds. The van der Waals surface area contributed by atoms with Gasteiger partial charge in [0.05, 0.1) is 12.8 Å². The first-order valence-corrected chi connectivity index (χ1v) is 9.77. The molecule has 1 aliphatic heterocycles. The Hall–Kier alpha value is -2.28. The van der Waals surface area contributed by atoms with Gasteiger partial charge >= 0.3 is 6.03 Å². The molecule has 1 aromatic carbocycles. The molecule has 1 saturated heterocycles. The number of benzene rings is 1. The van der Waals surface area contributed by atoms with Crippen LogP contribution in [0, 0.1) is 0 Å². The number of hydrogen-bond acceptors (Lipinski definition) is 4. The molecule has 2 rings (SSSR count). The summed E-state index contributed by atoms with van der Waals surface area (Å²) >= 11 is 0. The van der Waals surface area contributed by atoms with Gasteiger partial charge in [-0.15, -0.1) is 0 Å². The van der Waals surface area contributed by atoms with Crippen molar-refractivity contribution in [3.63, 3.8) is 0 Å². The van der Waals surface area contributed by atoms with E-state index in [9.17, 15) is 9.59 Å². The fraction of sp³-hybridized carbons (Fsp3) is 0.600. The van der Waals surface area contributed by atoms with Crippen molar-refractivity contribution < 1.29 is 14.3 Å². The molecule has 7 heteroatoms. The average Bonchev–Trinajstić information content (AvgIpc) is 2.91. The fourth-order valence-electron chi connectivity index (χ4n) is 3.31. The summed E-state index contributed by atoms with van der Waals surface area (Å²) in [5, 5.41) is 5.64. The zero-order valence-electron chi connectivity index (χ0n) is 16.7. The molecule has 0 unspecified atom stereocenters. The van der Waals surface area contributed by atoms with E-state index in [0.717, 1.165) is 19.6 Å². The number of anilines is 2. The van der Waals surface area contributed by atoms with E-state index in [4.69, 9.17) is 4.74 Å². The summed E-state index contributed by atoms with van der Waals surface area (Å²) in [6.45, 7) is 7.88. The van der Waals surface area contributed by atoms with Gasteiger partial charge < -0.3 is 25.2 Å². The minimum absolute atomic E-state index is 0.161. The number of hydrogen-bond donors (Lipinski definition) is 2. The highest BCUT2D eigenvalue weighted by molar-refractivity contribution is 5.94. The minimum Gasteiger partial charge on any atom is -0.495 e. The number of likely N-dealkylation sites (N-methyl/N-ethyl adjacent to an activating group) is 1. The first-order chi connectivity index (χ1) is 13.0. The van der Waals surface area contributed by atoms with Crippen molar-refractivity contribution >= 4 is 23.3 Å². The Labute approximate surface area is 162 Å². The molecule has 7 nitrogen and oxygen atoms in total. The number of carbonyl (C=O) groups is 2. The van der Waals surface area contributed by atoms with E-state index in [1.165, 1.54) is 32.6 Å². The zero-order chi connectivity index (χ0) is 19.6. The van der Waals surface area contributed by atoms with E-state index in [1.54, 1.807) is 30.2 Å². The van der Waals surface area contributed by atoms with Gasteiger partial charge in [-0.1, -0.05) is 12.8 Å². The summed E-state index contributed by atoms with van der Waals surface area (Å²) in [5.74, 6) is 0.395. The fourth-order valence-corrected chi connectivity index (χ4v) is 3.31. The predicted octanol–water partition coefficient (Wildman–Crippen LogP) is 3.38. The van der Waals surface area contributed by atoms with Crippen LogP contribution in [-0.2, 0) is 4.79 Å². The van der Waals surface area contributed by atoms with Crippen molar-refractivity contribution in [1.82, 2.24) is 9.80 Å². The second kappa shape index (κ2) is 10.8. The van der Waals surface area contributed by atoms with Gasteiger partial charge in [-0.3, -0.25) is 4.79 Å². The monoisotopic (exact) mass is 376 g/mol. The molecule has 0 atom stereocenters. The van der Waals surface area contributed by atoms with Crippen molar-refractivity contribution in [3.05, 3.63) is 18.2 Å². The van der Waals surface area contributed by atoms with Crippen LogP contribution in [0.2, 0.25) is 0 Å². The summed E-state index contributed by atoms with van der Waals surface area (Å²) in [4.78, 5) is 28.3. The first kappa shape index (κ1) is 21.0. The average molecular weight is 377 g/mol. The molecule has 0 aliphatic carbocycles. The van der Waals surface area contributed by atoms with Crippen molar-refractivity contribution in [3.8, 4) is 5.75 Å². The van der Waals surface area contributed by atoms with E-state index < -0.39 is 0 Å². The van der Waals surface area contributed by atoms with Crippen molar-refractivity contribution in [2.75, 3.05) is 50.5 Å². The third-order valence-electron chi connectivity index (χ3n) is 4.82. The van der Waals surface area contributed by atoms with Crippen LogP contribution >= 0.6 is 0 Å². The Balaban J connectivity index is 1.99. The molecule has 27 heavy (non-hydrogen) atoms. The van der Waals surface area contributed by atoms with E-state index in [0.29, 0.717) is 30.2 Å². The van der Waals surface area contributed by atoms with E-state index >= 15 is 0 Å². The maximum atomic E-state index is 12.7. The number of nitrogens with zero attached hydrogens (tertiary/aromatic N) is 2. The highest BCUT2D eigenvalue weighted by Gasteiger charge is 2.17. The topological polar surface area (TPSA) is 73.9 Å². The molecular weight excluding hydrogens is 344 g/mol. The van der Waals surface area contributed by atoms with Gasteiger partial charge in [0, 0.05) is 32.2 Å². The maximum absolute atomic E-state index is 12.7. The Bertz CT molecular complexity index is 628. The van der Waals surface area contributed by atoms with Crippen LogP contribution in [0.15, 0.2) is 18.2 Å². The Morgan fingerprint density at radius 3 is 2.44 bits per heavy atom. The van der Waals surface area contributed by atoms with Crippen LogP contribution in [0.5, 0.6) is 5.75 Å². The number of likely N-dealkylation sites (tertiary alicyclic amines) is 1. The minimum atomic E-state index is -0.162. The maximum Gasteiger partial charge on any atom is 0.321 e. The van der Waals surface area contributed by atoms with Crippen LogP contribution in [0.25, 0.3) is 0 Å². The lowest BCUT2D eigenvalue weighted by Crippen LogP contribution is -2.41. The summed E-state index contributed by atoms with van der Waals surface area (Å²) in [7, 11) is 1.56. The third-order valence-corrected chi connectivity index (χ3v) is 4.82. The summed E-state index contributed by atoms with van der Waals surface area (Å²) < 4.78 is 5.33. The molecule has 1 aromatic rings. The van der Waals surface area contributed by atoms with Gasteiger partial charge in [0.1, 0.15) is 5.75 Å². The summed E-state index contributed by atoms with van der Waals surface area (Å²) in [6.07, 6.45) is 5.09. The van der Waals surface area contributed by atoms with E-state index in [-0.39, 0.29) is 11.9 Å². The van der Waals surface area contributed by atoms with E-state index in [2.05, 4.69) is 15.5 Å². The van der Waals surface area contributed by atoms with Gasteiger partial charge in [-0.2, -0.15) is 0 Å². The van der Waals surface area contributed by atoms with Gasteiger partial charge in [0.15, 0.2) is 0 Å². The Morgan fingerprint density at radius 2 is 1.85 bits per heavy atom. The lowest BCUT2D eigenvalue weighted by atomic mass is 10.2. The van der Waals surface area contributed by atoms with Crippen molar-refractivity contribution in [2.24, 2.45) is 0 Å². The number of nitrogens with one attached hydrogen (secondary N) is 2. The molecule has 1 fully saturated rings. The molecule has 0 aromatic heterocycles. The molecule has 1 aliphatic rings. The van der Waals surface area contributed by atoms with Gasteiger partial charge in [-0.05, 0) is 51.1 Å². The quantitative estimate of drug-likeness (QED) is 0.765. The van der Waals surface area contributed by atoms with Crippen LogP contribution < -0.4 is 15.4 Å². The Kier molecular flexibility index (Phi) is 8.39. The number of urea groups is 1. The first-order valence-electron chi connectivity index (χ1n) is 9.77. The summed E-state index contributed by atoms with van der Waals surface area (Å²) in [6, 6.07) is 5.02. The van der Waals surface area contributed by atoms with Crippen LogP contribution in [0.1, 0.15) is 39.5 Å². The van der Waals surface area contributed by atoms with Gasteiger partial charge in [0.2, 0.25) is 5.91 Å². The molecule has 1 heterocycles. The highest BCUT2D eigenvalue weighted by Crippen LogP contribution is 2.28. The largest absolute Gasteiger partial charge is 0.495 e.